The monoisotopic (exact) mass is 274 g/mol. The second-order valence-corrected chi connectivity index (χ2v) is 3.76. The molecule has 2 N–H and O–H groups in total. The average Bonchev–Trinajstić information content (AvgIpc) is 2.77. The van der Waals surface area contributed by atoms with Crippen LogP contribution in [0.25, 0.3) is 5.69 Å². The maximum Gasteiger partial charge on any atom is 0.491 e. The minimum atomic E-state index is -4.60. The van der Waals surface area contributed by atoms with E-state index in [0.717, 1.165) is 17.1 Å². The number of benzene rings is 1. The fourth-order valence-corrected chi connectivity index (χ4v) is 1.47. The highest BCUT2D eigenvalue weighted by Gasteiger charge is 2.31. The lowest BCUT2D eigenvalue weighted by Crippen LogP contribution is -2.28. The van der Waals surface area contributed by atoms with Crippen molar-refractivity contribution in [2.75, 3.05) is 0 Å². The molecular formula is C10H7BF4N2O2. The lowest BCUT2D eigenvalue weighted by Gasteiger charge is -2.09. The Labute approximate surface area is 105 Å². The molecule has 19 heavy (non-hydrogen) atoms. The van der Waals surface area contributed by atoms with E-state index in [1.165, 1.54) is 0 Å². The minimum absolute atomic E-state index is 0.0585. The molecule has 9 heteroatoms. The van der Waals surface area contributed by atoms with Crippen LogP contribution < -0.4 is 5.46 Å². The summed E-state index contributed by atoms with van der Waals surface area (Å²) in [5.41, 5.74) is -1.51. The summed E-state index contributed by atoms with van der Waals surface area (Å²) in [7, 11) is -1.83. The summed E-state index contributed by atoms with van der Waals surface area (Å²) in [5, 5.41) is 21.3. The number of hydrogen-bond donors (Lipinski definition) is 2. The smallest absolute Gasteiger partial charge is 0.423 e. The van der Waals surface area contributed by atoms with Crippen molar-refractivity contribution in [2.24, 2.45) is 0 Å². The van der Waals surface area contributed by atoms with Gasteiger partial charge in [-0.05, 0) is 18.2 Å². The molecule has 0 saturated heterocycles. The minimum Gasteiger partial charge on any atom is -0.423 e. The first-order valence-electron chi connectivity index (χ1n) is 5.07. The standard InChI is InChI=1S/C10H7BF4N2O2/c12-8-2-1-6(10(13,14)15)3-9(8)17-5-7(4-16-17)11(18)19/h1-5,18-19H. The first-order chi connectivity index (χ1) is 8.79. The van der Waals surface area contributed by atoms with Gasteiger partial charge in [0.25, 0.3) is 0 Å². The quantitative estimate of drug-likeness (QED) is 0.626. The number of halogens is 4. The molecule has 0 atom stereocenters. The molecule has 0 fully saturated rings. The summed E-state index contributed by atoms with van der Waals surface area (Å²) in [6.07, 6.45) is -2.55. The third-order valence-corrected chi connectivity index (χ3v) is 2.42. The molecule has 0 aliphatic rings. The Bertz CT molecular complexity index is 597. The summed E-state index contributed by atoms with van der Waals surface area (Å²) in [5.74, 6) is -0.907. The predicted octanol–water partition coefficient (Wildman–Crippen LogP) is 0.710. The van der Waals surface area contributed by atoms with Crippen molar-refractivity contribution in [3.63, 3.8) is 0 Å². The van der Waals surface area contributed by atoms with Gasteiger partial charge in [-0.1, -0.05) is 0 Å². The molecule has 0 aliphatic carbocycles. The SMILES string of the molecule is OB(O)c1cnn(-c2cc(C(F)(F)F)ccc2F)c1. The highest BCUT2D eigenvalue weighted by Crippen LogP contribution is 2.31. The van der Waals surface area contributed by atoms with Crippen LogP contribution in [0.2, 0.25) is 0 Å². The Morgan fingerprint density at radius 2 is 1.89 bits per heavy atom. The number of hydrogen-bond acceptors (Lipinski definition) is 3. The van der Waals surface area contributed by atoms with E-state index in [-0.39, 0.29) is 5.46 Å². The maximum atomic E-state index is 13.5. The van der Waals surface area contributed by atoms with Crippen molar-refractivity contribution in [1.29, 1.82) is 0 Å². The number of aromatic nitrogens is 2. The Morgan fingerprint density at radius 3 is 2.42 bits per heavy atom. The Morgan fingerprint density at radius 1 is 1.21 bits per heavy atom. The normalized spacial score (nSPS) is 11.7. The van der Waals surface area contributed by atoms with Crippen molar-refractivity contribution < 1.29 is 27.6 Å². The molecule has 0 spiro atoms. The fourth-order valence-electron chi connectivity index (χ4n) is 1.47. The highest BCUT2D eigenvalue weighted by molar-refractivity contribution is 6.58. The van der Waals surface area contributed by atoms with Gasteiger partial charge in [0.05, 0.1) is 5.56 Å². The molecule has 100 valence electrons. The van der Waals surface area contributed by atoms with Gasteiger partial charge >= 0.3 is 13.3 Å². The van der Waals surface area contributed by atoms with Crippen LogP contribution in [0, 0.1) is 5.82 Å². The van der Waals surface area contributed by atoms with Gasteiger partial charge in [-0.3, -0.25) is 0 Å². The molecule has 0 bridgehead atoms. The van der Waals surface area contributed by atoms with E-state index < -0.39 is 30.4 Å². The van der Waals surface area contributed by atoms with E-state index in [1.807, 2.05) is 0 Å². The van der Waals surface area contributed by atoms with Crippen LogP contribution in [0.5, 0.6) is 0 Å². The van der Waals surface area contributed by atoms with Crippen LogP contribution >= 0.6 is 0 Å². The van der Waals surface area contributed by atoms with Crippen molar-refractivity contribution in [2.45, 2.75) is 6.18 Å². The summed E-state index contributed by atoms with van der Waals surface area (Å²) < 4.78 is 51.9. The van der Waals surface area contributed by atoms with Crippen molar-refractivity contribution in [3.8, 4) is 5.69 Å². The van der Waals surface area contributed by atoms with Gasteiger partial charge in [0.2, 0.25) is 0 Å². The molecule has 0 saturated carbocycles. The molecule has 0 amide bonds. The average molecular weight is 274 g/mol. The second kappa shape index (κ2) is 4.67. The van der Waals surface area contributed by atoms with Gasteiger partial charge in [-0.25, -0.2) is 9.07 Å². The van der Waals surface area contributed by atoms with Gasteiger partial charge in [0, 0.05) is 17.9 Å². The zero-order chi connectivity index (χ0) is 14.2. The Hall–Kier alpha value is -1.87. The summed E-state index contributed by atoms with van der Waals surface area (Å²) in [6.45, 7) is 0. The highest BCUT2D eigenvalue weighted by atomic mass is 19.4. The molecule has 1 aromatic carbocycles. The maximum absolute atomic E-state index is 13.5. The Kier molecular flexibility index (Phi) is 3.33. The van der Waals surface area contributed by atoms with Gasteiger partial charge < -0.3 is 10.0 Å². The van der Waals surface area contributed by atoms with E-state index in [2.05, 4.69) is 5.10 Å². The molecule has 0 radical (unpaired) electrons. The van der Waals surface area contributed by atoms with Crippen LogP contribution in [-0.4, -0.2) is 26.9 Å². The molecule has 1 heterocycles. The first-order valence-corrected chi connectivity index (χ1v) is 5.07. The third kappa shape index (κ3) is 2.77. The first kappa shape index (κ1) is 13.6. The lowest BCUT2D eigenvalue weighted by atomic mass is 9.83. The largest absolute Gasteiger partial charge is 0.491 e. The lowest BCUT2D eigenvalue weighted by molar-refractivity contribution is -0.137. The van der Waals surface area contributed by atoms with E-state index in [1.54, 1.807) is 0 Å². The summed E-state index contributed by atoms with van der Waals surface area (Å²) in [6, 6.07) is 1.88. The molecule has 1 aromatic heterocycles. The van der Waals surface area contributed by atoms with Gasteiger partial charge in [-0.2, -0.15) is 18.3 Å². The van der Waals surface area contributed by atoms with Crippen LogP contribution in [-0.2, 0) is 6.18 Å². The zero-order valence-electron chi connectivity index (χ0n) is 9.26. The second-order valence-electron chi connectivity index (χ2n) is 3.76. The Balaban J connectivity index is 2.48. The summed E-state index contributed by atoms with van der Waals surface area (Å²) >= 11 is 0. The summed E-state index contributed by atoms with van der Waals surface area (Å²) in [4.78, 5) is 0. The molecule has 2 aromatic rings. The van der Waals surface area contributed by atoms with Crippen LogP contribution in [0.15, 0.2) is 30.6 Å². The van der Waals surface area contributed by atoms with Gasteiger partial charge in [-0.15, -0.1) is 0 Å². The number of alkyl halides is 3. The molecule has 4 nitrogen and oxygen atoms in total. The fraction of sp³-hybridized carbons (Fsp3) is 0.100. The van der Waals surface area contributed by atoms with E-state index >= 15 is 0 Å². The molecule has 0 unspecified atom stereocenters. The zero-order valence-corrected chi connectivity index (χ0v) is 9.26. The van der Waals surface area contributed by atoms with E-state index in [9.17, 15) is 17.6 Å². The van der Waals surface area contributed by atoms with Crippen molar-refractivity contribution in [1.82, 2.24) is 9.78 Å². The van der Waals surface area contributed by atoms with Crippen LogP contribution in [0.4, 0.5) is 17.6 Å². The molecule has 0 aliphatic heterocycles. The van der Waals surface area contributed by atoms with Crippen LogP contribution in [0.3, 0.4) is 0 Å². The van der Waals surface area contributed by atoms with Crippen molar-refractivity contribution in [3.05, 3.63) is 42.0 Å². The van der Waals surface area contributed by atoms with E-state index in [4.69, 9.17) is 10.0 Å². The van der Waals surface area contributed by atoms with Gasteiger partial charge in [0.15, 0.2) is 0 Å². The third-order valence-electron chi connectivity index (χ3n) is 2.42. The van der Waals surface area contributed by atoms with Crippen LogP contribution in [0.1, 0.15) is 5.56 Å². The van der Waals surface area contributed by atoms with E-state index in [0.29, 0.717) is 18.2 Å². The van der Waals surface area contributed by atoms with Crippen molar-refractivity contribution >= 4 is 12.6 Å². The molecule has 2 rings (SSSR count). The number of rotatable bonds is 2. The van der Waals surface area contributed by atoms with Gasteiger partial charge in [0.1, 0.15) is 11.5 Å². The predicted molar refractivity (Wildman–Crippen MR) is 58.3 cm³/mol. The topological polar surface area (TPSA) is 58.3 Å². The number of nitrogens with zero attached hydrogens (tertiary/aromatic N) is 2. The molecular weight excluding hydrogens is 267 g/mol.